The molecule has 2 rings (SSSR count). The van der Waals surface area contributed by atoms with Gasteiger partial charge in [0.05, 0.1) is 0 Å². The third kappa shape index (κ3) is 4.06. The number of benzene rings is 1. The van der Waals surface area contributed by atoms with Gasteiger partial charge in [-0.3, -0.25) is 9.80 Å². The first-order valence-corrected chi connectivity index (χ1v) is 8.34. The molecule has 1 aliphatic heterocycles. The van der Waals surface area contributed by atoms with Crippen LogP contribution in [0, 0.1) is 13.8 Å². The highest BCUT2D eigenvalue weighted by Crippen LogP contribution is 2.22. The molecule has 3 nitrogen and oxygen atoms in total. The predicted octanol–water partition coefficient (Wildman–Crippen LogP) is 2.72. The Morgan fingerprint density at radius 3 is 2.67 bits per heavy atom. The predicted molar refractivity (Wildman–Crippen MR) is 90.6 cm³/mol. The molecule has 0 saturated carbocycles. The lowest BCUT2D eigenvalue weighted by Gasteiger charge is -2.27. The Hall–Kier alpha value is -0.900. The number of rotatable bonds is 6. The molecule has 0 amide bonds. The Labute approximate surface area is 130 Å². The lowest BCUT2D eigenvalue weighted by Crippen LogP contribution is -2.38. The summed E-state index contributed by atoms with van der Waals surface area (Å²) in [6, 6.07) is 7.44. The first-order chi connectivity index (χ1) is 10.0. The molecule has 1 aliphatic rings. The molecule has 0 aliphatic carbocycles. The fourth-order valence-electron chi connectivity index (χ4n) is 3.55. The van der Waals surface area contributed by atoms with Crippen LogP contribution in [0.4, 0.5) is 0 Å². The van der Waals surface area contributed by atoms with Crippen LogP contribution < -0.4 is 5.73 Å². The zero-order valence-electron chi connectivity index (χ0n) is 14.1. The molecular formula is C18H31N3. The van der Waals surface area contributed by atoms with Crippen molar-refractivity contribution in [2.24, 2.45) is 5.73 Å². The molecule has 1 heterocycles. The van der Waals surface area contributed by atoms with E-state index in [0.29, 0.717) is 6.04 Å². The van der Waals surface area contributed by atoms with Crippen LogP contribution in [-0.2, 0) is 0 Å². The molecule has 118 valence electrons. The van der Waals surface area contributed by atoms with E-state index in [4.69, 9.17) is 5.73 Å². The van der Waals surface area contributed by atoms with Crippen LogP contribution in [0.5, 0.6) is 0 Å². The average Bonchev–Trinajstić information content (AvgIpc) is 2.91. The van der Waals surface area contributed by atoms with Crippen molar-refractivity contribution in [2.75, 3.05) is 32.7 Å². The third-order valence-electron chi connectivity index (χ3n) is 4.87. The number of likely N-dealkylation sites (N-methyl/N-ethyl adjacent to an activating group) is 1. The maximum atomic E-state index is 6.48. The fourth-order valence-corrected chi connectivity index (χ4v) is 3.55. The fraction of sp³-hybridized carbons (Fsp3) is 0.667. The summed E-state index contributed by atoms with van der Waals surface area (Å²) >= 11 is 0. The van der Waals surface area contributed by atoms with E-state index in [2.05, 4.69) is 55.7 Å². The van der Waals surface area contributed by atoms with Crippen LogP contribution in [0.25, 0.3) is 0 Å². The summed E-state index contributed by atoms with van der Waals surface area (Å²) in [6.07, 6.45) is 1.28. The molecule has 0 radical (unpaired) electrons. The number of likely N-dealkylation sites (tertiary alicyclic amines) is 1. The summed E-state index contributed by atoms with van der Waals surface area (Å²) in [6.45, 7) is 14.4. The van der Waals surface area contributed by atoms with Gasteiger partial charge in [0.2, 0.25) is 0 Å². The second kappa shape index (κ2) is 7.39. The molecular weight excluding hydrogens is 258 g/mol. The van der Waals surface area contributed by atoms with Gasteiger partial charge in [-0.1, -0.05) is 37.6 Å². The summed E-state index contributed by atoms with van der Waals surface area (Å²) in [5, 5.41) is 0. The molecule has 0 bridgehead atoms. The van der Waals surface area contributed by atoms with Crippen molar-refractivity contribution in [1.82, 2.24) is 9.80 Å². The van der Waals surface area contributed by atoms with Gasteiger partial charge in [-0.25, -0.2) is 0 Å². The van der Waals surface area contributed by atoms with Gasteiger partial charge < -0.3 is 5.73 Å². The highest BCUT2D eigenvalue weighted by atomic mass is 15.3. The van der Waals surface area contributed by atoms with Gasteiger partial charge in [-0.05, 0) is 51.0 Å². The highest BCUT2D eigenvalue weighted by Gasteiger charge is 2.27. The van der Waals surface area contributed by atoms with E-state index >= 15 is 0 Å². The quantitative estimate of drug-likeness (QED) is 0.874. The summed E-state index contributed by atoms with van der Waals surface area (Å²) in [5.74, 6) is 0. The van der Waals surface area contributed by atoms with Crippen molar-refractivity contribution < 1.29 is 0 Å². The van der Waals surface area contributed by atoms with E-state index in [-0.39, 0.29) is 6.04 Å². The van der Waals surface area contributed by atoms with Gasteiger partial charge >= 0.3 is 0 Å². The molecule has 0 spiro atoms. The summed E-state index contributed by atoms with van der Waals surface area (Å²) in [4.78, 5) is 5.11. The van der Waals surface area contributed by atoms with Crippen molar-refractivity contribution >= 4 is 0 Å². The molecule has 2 N–H and O–H groups in total. The average molecular weight is 289 g/mol. The Bertz CT molecular complexity index is 454. The largest absolute Gasteiger partial charge is 0.323 e. The zero-order valence-corrected chi connectivity index (χ0v) is 14.1. The van der Waals surface area contributed by atoms with Crippen molar-refractivity contribution in [3.8, 4) is 0 Å². The maximum absolute atomic E-state index is 6.48. The standard InChI is InChI=1S/C18H31N3/c1-5-21(6-2)16-9-10-20(12-16)13-18(19)17-11-14(3)7-8-15(17)4/h7-8,11,16,18H,5-6,9-10,12-13,19H2,1-4H3. The number of hydrogen-bond acceptors (Lipinski definition) is 3. The molecule has 21 heavy (non-hydrogen) atoms. The SMILES string of the molecule is CCN(CC)C1CCN(CC(N)c2cc(C)ccc2C)C1. The van der Waals surface area contributed by atoms with Gasteiger partial charge in [0.15, 0.2) is 0 Å². The van der Waals surface area contributed by atoms with Crippen LogP contribution in [0.1, 0.15) is 43.0 Å². The molecule has 1 fully saturated rings. The Morgan fingerprint density at radius 1 is 1.29 bits per heavy atom. The van der Waals surface area contributed by atoms with E-state index in [0.717, 1.165) is 19.6 Å². The lowest BCUT2D eigenvalue weighted by atomic mass is 9.99. The third-order valence-corrected chi connectivity index (χ3v) is 4.87. The summed E-state index contributed by atoms with van der Waals surface area (Å²) in [7, 11) is 0. The second-order valence-electron chi connectivity index (χ2n) is 6.39. The van der Waals surface area contributed by atoms with Crippen LogP contribution in [0.2, 0.25) is 0 Å². The number of hydrogen-bond donors (Lipinski definition) is 1. The Balaban J connectivity index is 1.95. The van der Waals surface area contributed by atoms with Crippen molar-refractivity contribution in [3.63, 3.8) is 0 Å². The van der Waals surface area contributed by atoms with E-state index in [1.807, 2.05) is 0 Å². The minimum Gasteiger partial charge on any atom is -0.323 e. The summed E-state index contributed by atoms with van der Waals surface area (Å²) in [5.41, 5.74) is 10.4. The summed E-state index contributed by atoms with van der Waals surface area (Å²) < 4.78 is 0. The smallest absolute Gasteiger partial charge is 0.0427 e. The van der Waals surface area contributed by atoms with Crippen molar-refractivity contribution in [2.45, 2.75) is 46.2 Å². The zero-order chi connectivity index (χ0) is 15.4. The van der Waals surface area contributed by atoms with Crippen LogP contribution in [0.3, 0.4) is 0 Å². The molecule has 3 heteroatoms. The molecule has 1 aromatic rings. The molecule has 0 aromatic heterocycles. The minimum absolute atomic E-state index is 0.125. The Kier molecular flexibility index (Phi) is 5.80. The van der Waals surface area contributed by atoms with Crippen molar-refractivity contribution in [1.29, 1.82) is 0 Å². The minimum atomic E-state index is 0.125. The number of nitrogens with zero attached hydrogens (tertiary/aromatic N) is 2. The highest BCUT2D eigenvalue weighted by molar-refractivity contribution is 5.33. The number of nitrogens with two attached hydrogens (primary N) is 1. The first kappa shape index (κ1) is 16.5. The van der Waals surface area contributed by atoms with Gasteiger partial charge in [-0.2, -0.15) is 0 Å². The van der Waals surface area contributed by atoms with Crippen LogP contribution in [-0.4, -0.2) is 48.6 Å². The first-order valence-electron chi connectivity index (χ1n) is 8.34. The van der Waals surface area contributed by atoms with Crippen molar-refractivity contribution in [3.05, 3.63) is 34.9 Å². The van der Waals surface area contributed by atoms with Gasteiger partial charge in [0.1, 0.15) is 0 Å². The number of aryl methyl sites for hydroxylation is 2. The van der Waals surface area contributed by atoms with Gasteiger partial charge in [0, 0.05) is 25.2 Å². The molecule has 1 saturated heterocycles. The topological polar surface area (TPSA) is 32.5 Å². The molecule has 1 aromatic carbocycles. The normalized spacial score (nSPS) is 21.1. The lowest BCUT2D eigenvalue weighted by molar-refractivity contribution is 0.208. The van der Waals surface area contributed by atoms with Crippen LogP contribution in [0.15, 0.2) is 18.2 Å². The molecule has 2 unspecified atom stereocenters. The maximum Gasteiger partial charge on any atom is 0.0427 e. The monoisotopic (exact) mass is 289 g/mol. The van der Waals surface area contributed by atoms with E-state index in [1.165, 1.54) is 36.2 Å². The van der Waals surface area contributed by atoms with E-state index < -0.39 is 0 Å². The molecule has 2 atom stereocenters. The van der Waals surface area contributed by atoms with Crippen LogP contribution >= 0.6 is 0 Å². The van der Waals surface area contributed by atoms with E-state index in [9.17, 15) is 0 Å². The van der Waals surface area contributed by atoms with E-state index in [1.54, 1.807) is 0 Å². The van der Waals surface area contributed by atoms with Gasteiger partial charge in [0.25, 0.3) is 0 Å². The van der Waals surface area contributed by atoms with Gasteiger partial charge in [-0.15, -0.1) is 0 Å². The second-order valence-corrected chi connectivity index (χ2v) is 6.39. The Morgan fingerprint density at radius 2 is 2.00 bits per heavy atom.